The fraction of sp³-hybridized carbons (Fsp3) is 0.160. The highest BCUT2D eigenvalue weighted by molar-refractivity contribution is 9.10. The van der Waals surface area contributed by atoms with Crippen LogP contribution in [0.2, 0.25) is 0 Å². The van der Waals surface area contributed by atoms with E-state index in [1.807, 2.05) is 54.6 Å². The summed E-state index contributed by atoms with van der Waals surface area (Å²) >= 11 is 3.52. The molecule has 0 aliphatic carbocycles. The van der Waals surface area contributed by atoms with Gasteiger partial charge in [0.25, 0.3) is 0 Å². The molecule has 0 spiro atoms. The Hall–Kier alpha value is -3.05. The summed E-state index contributed by atoms with van der Waals surface area (Å²) in [6.45, 7) is 0. The van der Waals surface area contributed by atoms with Gasteiger partial charge >= 0.3 is 0 Å². The minimum Gasteiger partial charge on any atom is -0.496 e. The predicted molar refractivity (Wildman–Crippen MR) is 126 cm³/mol. The zero-order valence-electron chi connectivity index (χ0n) is 17.0. The van der Waals surface area contributed by atoms with Crippen molar-refractivity contribution in [2.24, 2.45) is 5.10 Å². The minimum absolute atomic E-state index is 0.0552. The molecule has 152 valence electrons. The molecule has 0 bridgehead atoms. The first-order valence-corrected chi connectivity index (χ1v) is 10.5. The van der Waals surface area contributed by atoms with Gasteiger partial charge in [-0.05, 0) is 48.6 Å². The van der Waals surface area contributed by atoms with Crippen molar-refractivity contribution in [3.8, 4) is 11.5 Å². The van der Waals surface area contributed by atoms with Crippen molar-refractivity contribution in [2.75, 3.05) is 19.2 Å². The van der Waals surface area contributed by atoms with Crippen LogP contribution < -0.4 is 14.5 Å². The van der Waals surface area contributed by atoms with Crippen LogP contribution in [0.25, 0.3) is 6.08 Å². The molecule has 1 atom stereocenters. The third-order valence-corrected chi connectivity index (χ3v) is 5.65. The van der Waals surface area contributed by atoms with Crippen LogP contribution in [0.5, 0.6) is 11.5 Å². The Morgan fingerprint density at radius 3 is 2.27 bits per heavy atom. The maximum Gasteiger partial charge on any atom is 0.126 e. The van der Waals surface area contributed by atoms with Crippen molar-refractivity contribution in [1.29, 1.82) is 0 Å². The molecule has 1 heterocycles. The number of halogens is 1. The highest BCUT2D eigenvalue weighted by atomic mass is 79.9. The van der Waals surface area contributed by atoms with Gasteiger partial charge < -0.3 is 9.47 Å². The molecule has 4 nitrogen and oxygen atoms in total. The van der Waals surface area contributed by atoms with Gasteiger partial charge in [0.2, 0.25) is 0 Å². The molecule has 1 aliphatic heterocycles. The highest BCUT2D eigenvalue weighted by Crippen LogP contribution is 2.39. The monoisotopic (exact) mass is 462 g/mol. The number of para-hydroxylation sites is 2. The average Bonchev–Trinajstić information content (AvgIpc) is 3.22. The van der Waals surface area contributed by atoms with Crippen LogP contribution in [-0.2, 0) is 0 Å². The molecule has 30 heavy (non-hydrogen) atoms. The maximum atomic E-state index is 5.64. The quantitative estimate of drug-likeness (QED) is 0.419. The van der Waals surface area contributed by atoms with E-state index in [-0.39, 0.29) is 6.04 Å². The smallest absolute Gasteiger partial charge is 0.126 e. The largest absolute Gasteiger partial charge is 0.496 e. The summed E-state index contributed by atoms with van der Waals surface area (Å²) in [4.78, 5) is 0. The number of allylic oxidation sites excluding steroid dienone is 1. The van der Waals surface area contributed by atoms with Gasteiger partial charge in [-0.1, -0.05) is 52.3 Å². The Morgan fingerprint density at radius 1 is 0.867 bits per heavy atom. The topological polar surface area (TPSA) is 34.1 Å². The Morgan fingerprint density at radius 2 is 1.53 bits per heavy atom. The Bertz CT molecular complexity index is 1080. The van der Waals surface area contributed by atoms with Crippen LogP contribution >= 0.6 is 15.9 Å². The number of anilines is 1. The molecule has 3 aromatic carbocycles. The summed E-state index contributed by atoms with van der Waals surface area (Å²) in [5.74, 6) is 1.72. The van der Waals surface area contributed by atoms with E-state index >= 15 is 0 Å². The van der Waals surface area contributed by atoms with E-state index in [0.717, 1.165) is 44.9 Å². The van der Waals surface area contributed by atoms with Crippen molar-refractivity contribution in [3.63, 3.8) is 0 Å². The first-order valence-electron chi connectivity index (χ1n) is 9.76. The summed E-state index contributed by atoms with van der Waals surface area (Å²) < 4.78 is 12.1. The molecule has 1 aliphatic rings. The Balaban J connectivity index is 1.69. The molecule has 0 amide bonds. The van der Waals surface area contributed by atoms with Gasteiger partial charge in [-0.25, -0.2) is 0 Å². The lowest BCUT2D eigenvalue weighted by Gasteiger charge is -2.25. The van der Waals surface area contributed by atoms with Crippen molar-refractivity contribution in [1.82, 2.24) is 0 Å². The summed E-state index contributed by atoms with van der Waals surface area (Å²) in [5, 5.41) is 7.02. The number of hydrogen-bond acceptors (Lipinski definition) is 4. The second kappa shape index (κ2) is 9.18. The van der Waals surface area contributed by atoms with E-state index in [4.69, 9.17) is 14.6 Å². The van der Waals surface area contributed by atoms with Crippen molar-refractivity contribution < 1.29 is 9.47 Å². The molecule has 0 N–H and O–H groups in total. The molecule has 0 saturated heterocycles. The molecular formula is C25H23BrN2O2. The zero-order valence-corrected chi connectivity index (χ0v) is 18.5. The summed E-state index contributed by atoms with van der Waals surface area (Å²) in [5.41, 5.74) is 4.18. The Kier molecular flexibility index (Phi) is 6.19. The number of hydrogen-bond donors (Lipinski definition) is 0. The van der Waals surface area contributed by atoms with Gasteiger partial charge in [0.05, 0.1) is 31.7 Å². The summed E-state index contributed by atoms with van der Waals surface area (Å²) in [6.07, 6.45) is 4.91. The molecule has 4 rings (SSSR count). The van der Waals surface area contributed by atoms with Gasteiger partial charge in [-0.15, -0.1) is 0 Å². The lowest BCUT2D eigenvalue weighted by Crippen LogP contribution is -2.19. The third-order valence-electron chi connectivity index (χ3n) is 5.12. The highest BCUT2D eigenvalue weighted by Gasteiger charge is 2.30. The molecule has 0 saturated carbocycles. The van der Waals surface area contributed by atoms with Gasteiger partial charge in [0.15, 0.2) is 0 Å². The molecular weight excluding hydrogens is 440 g/mol. The van der Waals surface area contributed by atoms with Crippen LogP contribution in [0, 0.1) is 0 Å². The van der Waals surface area contributed by atoms with Crippen LogP contribution in [0.4, 0.5) is 5.69 Å². The predicted octanol–water partition coefficient (Wildman–Crippen LogP) is 6.49. The van der Waals surface area contributed by atoms with Gasteiger partial charge in [0, 0.05) is 22.0 Å². The van der Waals surface area contributed by atoms with Crippen LogP contribution in [0.3, 0.4) is 0 Å². The standard InChI is InChI=1S/C25H23BrN2O2/c1-29-24-9-5-3-7-18(24)11-14-20-17-23(22-8-4-6-10-25(22)30-2)28(27-20)21-15-12-19(26)13-16-21/h3-16,23H,17H2,1-2H3/b14-11+. The second-order valence-corrected chi connectivity index (χ2v) is 7.87. The summed E-state index contributed by atoms with van der Waals surface area (Å²) in [6, 6.07) is 24.4. The lowest BCUT2D eigenvalue weighted by molar-refractivity contribution is 0.405. The molecule has 0 aromatic heterocycles. The van der Waals surface area contributed by atoms with Gasteiger partial charge in [0.1, 0.15) is 11.5 Å². The third kappa shape index (κ3) is 4.26. The van der Waals surface area contributed by atoms with Gasteiger partial charge in [-0.2, -0.15) is 5.10 Å². The number of methoxy groups -OCH3 is 2. The van der Waals surface area contributed by atoms with Crippen molar-refractivity contribution in [3.05, 3.63) is 94.5 Å². The number of ether oxygens (including phenoxy) is 2. The number of nitrogens with zero attached hydrogens (tertiary/aromatic N) is 2. The van der Waals surface area contributed by atoms with E-state index in [0.29, 0.717) is 0 Å². The fourth-order valence-electron chi connectivity index (χ4n) is 3.64. The van der Waals surface area contributed by atoms with Crippen molar-refractivity contribution in [2.45, 2.75) is 12.5 Å². The van der Waals surface area contributed by atoms with E-state index in [1.54, 1.807) is 14.2 Å². The summed E-state index contributed by atoms with van der Waals surface area (Å²) in [7, 11) is 3.40. The second-order valence-electron chi connectivity index (χ2n) is 6.95. The minimum atomic E-state index is 0.0552. The molecule has 1 unspecified atom stereocenters. The molecule has 0 radical (unpaired) electrons. The number of rotatable bonds is 6. The van der Waals surface area contributed by atoms with E-state index in [9.17, 15) is 0 Å². The molecule has 3 aromatic rings. The number of hydrazone groups is 1. The maximum absolute atomic E-state index is 5.64. The van der Waals surface area contributed by atoms with Gasteiger partial charge in [-0.3, -0.25) is 5.01 Å². The lowest BCUT2D eigenvalue weighted by atomic mass is 9.99. The average molecular weight is 463 g/mol. The van der Waals surface area contributed by atoms with E-state index in [2.05, 4.69) is 51.3 Å². The van der Waals surface area contributed by atoms with Crippen LogP contribution in [0.15, 0.2) is 88.4 Å². The number of benzene rings is 3. The van der Waals surface area contributed by atoms with Crippen LogP contribution in [0.1, 0.15) is 23.6 Å². The first-order chi connectivity index (χ1) is 14.7. The molecule has 0 fully saturated rings. The SMILES string of the molecule is COc1ccccc1/C=C/C1=NN(c2ccc(Br)cc2)C(c2ccccc2OC)C1. The molecule has 5 heteroatoms. The van der Waals surface area contributed by atoms with Crippen molar-refractivity contribution >= 4 is 33.4 Å². The zero-order chi connectivity index (χ0) is 20.9. The van der Waals surface area contributed by atoms with E-state index < -0.39 is 0 Å². The fourth-order valence-corrected chi connectivity index (χ4v) is 3.90. The first kappa shape index (κ1) is 20.2. The van der Waals surface area contributed by atoms with Crippen LogP contribution in [-0.4, -0.2) is 19.9 Å². The normalized spacial score (nSPS) is 16.0. The Labute approximate surface area is 185 Å². The van der Waals surface area contributed by atoms with E-state index in [1.165, 1.54) is 0 Å².